The summed E-state index contributed by atoms with van der Waals surface area (Å²) >= 11 is 6.23. The highest BCUT2D eigenvalue weighted by Crippen LogP contribution is 2.56. The molecule has 0 atom stereocenters. The van der Waals surface area contributed by atoms with E-state index in [9.17, 15) is 9.18 Å². The molecule has 0 unspecified atom stereocenters. The summed E-state index contributed by atoms with van der Waals surface area (Å²) in [7, 11) is 0. The maximum absolute atomic E-state index is 13.1. The normalized spacial score (nSPS) is 19.1. The molecule has 2 aliphatic heterocycles. The maximum Gasteiger partial charge on any atom is 0.254 e. The molecule has 4 heterocycles. The zero-order valence-electron chi connectivity index (χ0n) is 17.4. The first-order valence-electron chi connectivity index (χ1n) is 10.8. The Balaban J connectivity index is 1.27. The van der Waals surface area contributed by atoms with Gasteiger partial charge in [0.2, 0.25) is 0 Å². The van der Waals surface area contributed by atoms with Gasteiger partial charge in [0.25, 0.3) is 5.91 Å². The molecule has 32 heavy (non-hydrogen) atoms. The number of carbonyl (C=O) groups excluding carboxylic acids is 1. The molecular weight excluding hydrogens is 431 g/mol. The van der Waals surface area contributed by atoms with Gasteiger partial charge in [0.1, 0.15) is 11.6 Å². The molecule has 9 heteroatoms. The van der Waals surface area contributed by atoms with E-state index in [1.54, 1.807) is 0 Å². The minimum Gasteiger partial charge on any atom is -0.355 e. The van der Waals surface area contributed by atoms with Gasteiger partial charge in [0.15, 0.2) is 12.5 Å². The molecule has 1 saturated carbocycles. The average Bonchev–Trinajstić information content (AvgIpc) is 3.07. The van der Waals surface area contributed by atoms with Crippen LogP contribution in [0.3, 0.4) is 0 Å². The van der Waals surface area contributed by atoms with Gasteiger partial charge in [-0.15, -0.1) is 10.2 Å². The van der Waals surface area contributed by atoms with Crippen molar-refractivity contribution in [3.63, 3.8) is 0 Å². The van der Waals surface area contributed by atoms with Crippen LogP contribution in [0.2, 0.25) is 5.02 Å². The van der Waals surface area contributed by atoms with Crippen LogP contribution in [0.15, 0.2) is 42.6 Å². The van der Waals surface area contributed by atoms with Crippen LogP contribution >= 0.6 is 11.6 Å². The highest BCUT2D eigenvalue weighted by atomic mass is 35.5. The lowest BCUT2D eigenvalue weighted by atomic mass is 9.57. The van der Waals surface area contributed by atoms with E-state index in [4.69, 9.17) is 11.6 Å². The van der Waals surface area contributed by atoms with Gasteiger partial charge in [0.05, 0.1) is 12.2 Å². The summed E-state index contributed by atoms with van der Waals surface area (Å²) in [4.78, 5) is 20.4. The number of fused-ring (bicyclic) bond motifs is 3. The van der Waals surface area contributed by atoms with E-state index in [-0.39, 0.29) is 6.54 Å². The number of alkyl halides is 1. The number of benzene rings is 1. The Morgan fingerprint density at radius 2 is 2.00 bits per heavy atom. The monoisotopic (exact) mass is 452 g/mol. The van der Waals surface area contributed by atoms with Gasteiger partial charge in [-0.25, -0.2) is 9.37 Å². The molecule has 2 aromatic heterocycles. The molecule has 1 aliphatic carbocycles. The fraction of sp³-hybridized carbons (Fsp3) is 0.391. The fourth-order valence-electron chi connectivity index (χ4n) is 5.44. The van der Waals surface area contributed by atoms with E-state index in [0.717, 1.165) is 48.8 Å². The predicted molar refractivity (Wildman–Crippen MR) is 117 cm³/mol. The Morgan fingerprint density at radius 3 is 2.75 bits per heavy atom. The summed E-state index contributed by atoms with van der Waals surface area (Å²) in [6.07, 6.45) is 3.92. The first-order chi connectivity index (χ1) is 15.5. The molecule has 0 radical (unpaired) electrons. The number of aromatic nitrogens is 4. The summed E-state index contributed by atoms with van der Waals surface area (Å²) in [6, 6.07) is 11.6. The smallest absolute Gasteiger partial charge is 0.254 e. The Bertz CT molecular complexity index is 1180. The number of halogens is 2. The van der Waals surface area contributed by atoms with Crippen molar-refractivity contribution in [2.24, 2.45) is 5.41 Å². The van der Waals surface area contributed by atoms with Crippen molar-refractivity contribution in [1.82, 2.24) is 24.6 Å². The first-order valence-corrected chi connectivity index (χ1v) is 11.2. The van der Waals surface area contributed by atoms with Gasteiger partial charge in [-0.05, 0) is 48.7 Å². The molecule has 1 aromatic carbocycles. The number of nitrogens with zero attached hydrogens (tertiary/aromatic N) is 6. The lowest BCUT2D eigenvalue weighted by Crippen LogP contribution is -2.62. The van der Waals surface area contributed by atoms with E-state index >= 15 is 0 Å². The molecule has 164 valence electrons. The number of pyridine rings is 1. The zero-order chi connectivity index (χ0) is 21.9. The average molecular weight is 453 g/mol. The van der Waals surface area contributed by atoms with Crippen LogP contribution < -0.4 is 4.90 Å². The first kappa shape index (κ1) is 19.7. The number of amides is 1. The molecule has 2 fully saturated rings. The van der Waals surface area contributed by atoms with Gasteiger partial charge < -0.3 is 9.80 Å². The molecule has 1 spiro atoms. The topological polar surface area (TPSA) is 67.2 Å². The van der Waals surface area contributed by atoms with Crippen LogP contribution in [-0.2, 0) is 17.9 Å². The fourth-order valence-corrected chi connectivity index (χ4v) is 5.64. The van der Waals surface area contributed by atoms with Gasteiger partial charge in [-0.1, -0.05) is 17.7 Å². The summed E-state index contributed by atoms with van der Waals surface area (Å²) in [5.74, 6) is 2.35. The van der Waals surface area contributed by atoms with E-state index < -0.39 is 12.6 Å². The molecular formula is C23H22ClFN6O. The third-order valence-corrected chi connectivity index (χ3v) is 7.18. The highest BCUT2D eigenvalue weighted by molar-refractivity contribution is 6.30. The lowest BCUT2D eigenvalue weighted by Gasteiger charge is -2.59. The van der Waals surface area contributed by atoms with Crippen LogP contribution in [-0.4, -0.2) is 50.3 Å². The van der Waals surface area contributed by atoms with Gasteiger partial charge in [0, 0.05) is 42.2 Å². The summed E-state index contributed by atoms with van der Waals surface area (Å²) < 4.78 is 15.2. The second kappa shape index (κ2) is 7.27. The van der Waals surface area contributed by atoms with Crippen LogP contribution in [0.4, 0.5) is 10.2 Å². The van der Waals surface area contributed by atoms with Crippen LogP contribution in [0, 0.1) is 5.41 Å². The largest absolute Gasteiger partial charge is 0.355 e. The molecule has 7 nitrogen and oxygen atoms in total. The molecule has 1 saturated heterocycles. The van der Waals surface area contributed by atoms with Crippen molar-refractivity contribution in [3.05, 3.63) is 64.8 Å². The van der Waals surface area contributed by atoms with Crippen LogP contribution in [0.25, 0.3) is 5.69 Å². The predicted octanol–water partition coefficient (Wildman–Crippen LogP) is 3.51. The Kier molecular flexibility index (Phi) is 4.47. The Morgan fingerprint density at radius 1 is 1.16 bits per heavy atom. The minimum atomic E-state index is -1.03. The Hall–Kier alpha value is -3.00. The molecule has 3 aliphatic rings. The number of hydrogen-bond donors (Lipinski definition) is 0. The summed E-state index contributed by atoms with van der Waals surface area (Å²) in [5.41, 5.74) is 2.10. The van der Waals surface area contributed by atoms with E-state index in [1.165, 1.54) is 4.90 Å². The Labute approximate surface area is 189 Å². The SMILES string of the molecule is O=C(CF)N1Cc2cc(Cl)ccc2-n2c(nnc2C2CC3(C2)CN(c2ccccn2)C3)C1. The van der Waals surface area contributed by atoms with E-state index in [1.807, 2.05) is 42.6 Å². The molecule has 0 bridgehead atoms. The van der Waals surface area contributed by atoms with E-state index in [0.29, 0.717) is 28.7 Å². The van der Waals surface area contributed by atoms with Crippen molar-refractivity contribution in [2.75, 3.05) is 24.7 Å². The summed E-state index contributed by atoms with van der Waals surface area (Å²) in [6.45, 7) is 1.51. The quantitative estimate of drug-likeness (QED) is 0.608. The molecule has 1 amide bonds. The van der Waals surface area contributed by atoms with Crippen LogP contribution in [0.5, 0.6) is 0 Å². The van der Waals surface area contributed by atoms with E-state index in [2.05, 4.69) is 24.6 Å². The van der Waals surface area contributed by atoms with Gasteiger partial charge >= 0.3 is 0 Å². The minimum absolute atomic E-state index is 0.230. The van der Waals surface area contributed by atoms with Crippen molar-refractivity contribution < 1.29 is 9.18 Å². The van der Waals surface area contributed by atoms with Crippen molar-refractivity contribution in [3.8, 4) is 5.69 Å². The standard InChI is InChI=1S/C23H22ClFN6O/c24-17-4-5-18-15(7-17)11-29(21(32)10-25)12-20-27-28-22(31(18)20)16-8-23(9-16)13-30(14-23)19-3-1-2-6-26-19/h1-7,16H,8-14H2. The number of carbonyl (C=O) groups is 1. The van der Waals surface area contributed by atoms with Gasteiger partial charge in [-0.3, -0.25) is 9.36 Å². The van der Waals surface area contributed by atoms with Crippen molar-refractivity contribution >= 4 is 23.3 Å². The van der Waals surface area contributed by atoms with Crippen LogP contribution in [0.1, 0.15) is 36.0 Å². The van der Waals surface area contributed by atoms with Gasteiger partial charge in [-0.2, -0.15) is 0 Å². The van der Waals surface area contributed by atoms with Crippen molar-refractivity contribution in [2.45, 2.75) is 31.8 Å². The highest BCUT2D eigenvalue weighted by Gasteiger charge is 2.54. The second-order valence-electron chi connectivity index (χ2n) is 9.12. The maximum atomic E-state index is 13.1. The second-order valence-corrected chi connectivity index (χ2v) is 9.55. The number of rotatable bonds is 3. The molecule has 6 rings (SSSR count). The molecule has 0 N–H and O–H groups in total. The number of anilines is 1. The third kappa shape index (κ3) is 3.08. The molecule has 3 aromatic rings. The lowest BCUT2D eigenvalue weighted by molar-refractivity contribution is -0.133. The summed E-state index contributed by atoms with van der Waals surface area (Å²) in [5, 5.41) is 9.52. The zero-order valence-corrected chi connectivity index (χ0v) is 18.2. The number of hydrogen-bond acceptors (Lipinski definition) is 5. The van der Waals surface area contributed by atoms with Crippen molar-refractivity contribution in [1.29, 1.82) is 0 Å². The third-order valence-electron chi connectivity index (χ3n) is 6.95.